The predicted molar refractivity (Wildman–Crippen MR) is 47.5 cm³/mol. The van der Waals surface area contributed by atoms with E-state index in [-0.39, 0.29) is 12.5 Å². The molecule has 0 saturated carbocycles. The van der Waals surface area contributed by atoms with Crippen molar-refractivity contribution in [1.82, 2.24) is 4.90 Å². The molecule has 0 fully saturated rings. The Morgan fingerprint density at radius 3 is 1.60 bits per heavy atom. The number of hydrogen-bond donors (Lipinski definition) is 5. The van der Waals surface area contributed by atoms with Crippen molar-refractivity contribution in [3.63, 3.8) is 0 Å². The SMILES string of the molecule is CN(CC(=O)O)C(=N)N.O=C(O)C(=O)O. The smallest absolute Gasteiger partial charge is 0.414 e. The highest BCUT2D eigenvalue weighted by atomic mass is 16.4. The molecule has 0 amide bonds. The van der Waals surface area contributed by atoms with Gasteiger partial charge in [-0.15, -0.1) is 0 Å². The Kier molecular flexibility index (Phi) is 7.20. The first-order valence-corrected chi connectivity index (χ1v) is 3.41. The monoisotopic (exact) mass is 221 g/mol. The number of guanidine groups is 1. The van der Waals surface area contributed by atoms with Crippen molar-refractivity contribution in [2.45, 2.75) is 0 Å². The molecular weight excluding hydrogens is 210 g/mol. The summed E-state index contributed by atoms with van der Waals surface area (Å²) in [5.74, 6) is -4.88. The average molecular weight is 221 g/mol. The first kappa shape index (κ1) is 15.2. The topological polar surface area (TPSA) is 165 Å². The van der Waals surface area contributed by atoms with Crippen molar-refractivity contribution in [2.75, 3.05) is 13.6 Å². The molecule has 6 N–H and O–H groups in total. The molecule has 86 valence electrons. The van der Waals surface area contributed by atoms with Gasteiger partial charge in [-0.2, -0.15) is 0 Å². The van der Waals surface area contributed by atoms with Gasteiger partial charge in [-0.1, -0.05) is 0 Å². The van der Waals surface area contributed by atoms with Crippen LogP contribution >= 0.6 is 0 Å². The fraction of sp³-hybridized carbons (Fsp3) is 0.333. The molecule has 0 bridgehead atoms. The summed E-state index contributed by atoms with van der Waals surface area (Å²) in [5.41, 5.74) is 4.93. The van der Waals surface area contributed by atoms with E-state index in [1.165, 1.54) is 7.05 Å². The lowest BCUT2D eigenvalue weighted by atomic mass is 10.6. The fourth-order valence-electron chi connectivity index (χ4n) is 0.288. The molecular formula is C6H11N3O6. The van der Waals surface area contributed by atoms with Gasteiger partial charge in [-0.05, 0) is 0 Å². The van der Waals surface area contributed by atoms with Crippen molar-refractivity contribution in [3.8, 4) is 0 Å². The normalized spacial score (nSPS) is 8.07. The number of nitrogens with zero attached hydrogens (tertiary/aromatic N) is 1. The number of nitrogens with one attached hydrogen (secondary N) is 1. The minimum atomic E-state index is -1.82. The highest BCUT2D eigenvalue weighted by molar-refractivity contribution is 6.27. The Morgan fingerprint density at radius 2 is 1.53 bits per heavy atom. The van der Waals surface area contributed by atoms with Gasteiger partial charge in [0.25, 0.3) is 0 Å². The summed E-state index contributed by atoms with van der Waals surface area (Å²) in [6.07, 6.45) is 0. The van der Waals surface area contributed by atoms with Crippen LogP contribution < -0.4 is 5.73 Å². The van der Waals surface area contributed by atoms with Crippen LogP contribution in [0, 0.1) is 5.41 Å². The lowest BCUT2D eigenvalue weighted by Gasteiger charge is -2.12. The summed E-state index contributed by atoms with van der Waals surface area (Å²) in [7, 11) is 1.44. The number of carboxylic acid groups (broad SMARTS) is 3. The molecule has 0 aliphatic heterocycles. The molecule has 0 radical (unpaired) electrons. The van der Waals surface area contributed by atoms with E-state index in [4.69, 9.17) is 36.1 Å². The van der Waals surface area contributed by atoms with Crippen molar-refractivity contribution in [2.24, 2.45) is 5.73 Å². The van der Waals surface area contributed by atoms with E-state index in [0.29, 0.717) is 0 Å². The van der Waals surface area contributed by atoms with E-state index in [2.05, 4.69) is 0 Å². The second kappa shape index (κ2) is 7.12. The van der Waals surface area contributed by atoms with Crippen LogP contribution in [0.3, 0.4) is 0 Å². The number of carboxylic acids is 3. The van der Waals surface area contributed by atoms with E-state index in [0.717, 1.165) is 4.90 Å². The van der Waals surface area contributed by atoms with E-state index < -0.39 is 17.9 Å². The third-order valence-corrected chi connectivity index (χ3v) is 0.967. The molecule has 15 heavy (non-hydrogen) atoms. The Hall–Kier alpha value is -2.32. The summed E-state index contributed by atoms with van der Waals surface area (Å²) in [5, 5.41) is 29.7. The fourth-order valence-corrected chi connectivity index (χ4v) is 0.288. The van der Waals surface area contributed by atoms with Gasteiger partial charge in [0.1, 0.15) is 6.54 Å². The molecule has 0 atom stereocenters. The van der Waals surface area contributed by atoms with Gasteiger partial charge in [-0.3, -0.25) is 10.2 Å². The van der Waals surface area contributed by atoms with Crippen LogP contribution in [0.15, 0.2) is 0 Å². The summed E-state index contributed by atoms with van der Waals surface area (Å²) >= 11 is 0. The number of carbonyl (C=O) groups is 3. The number of rotatable bonds is 2. The highest BCUT2D eigenvalue weighted by Crippen LogP contribution is 1.76. The maximum atomic E-state index is 9.92. The predicted octanol–water partition coefficient (Wildman–Crippen LogP) is -1.95. The molecule has 0 aliphatic rings. The first-order valence-electron chi connectivity index (χ1n) is 3.41. The maximum Gasteiger partial charge on any atom is 0.414 e. The lowest BCUT2D eigenvalue weighted by Crippen LogP contribution is -2.36. The zero-order valence-electron chi connectivity index (χ0n) is 7.80. The lowest BCUT2D eigenvalue weighted by molar-refractivity contribution is -0.159. The van der Waals surface area contributed by atoms with Crippen molar-refractivity contribution in [3.05, 3.63) is 0 Å². The highest BCUT2D eigenvalue weighted by Gasteiger charge is 2.04. The van der Waals surface area contributed by atoms with Gasteiger partial charge in [0, 0.05) is 7.05 Å². The minimum absolute atomic E-state index is 0.227. The van der Waals surface area contributed by atoms with E-state index in [1.54, 1.807) is 0 Å². The van der Waals surface area contributed by atoms with Gasteiger partial charge in [0.2, 0.25) is 0 Å². The molecule has 9 heteroatoms. The van der Waals surface area contributed by atoms with Crippen molar-refractivity contribution in [1.29, 1.82) is 5.41 Å². The quantitative estimate of drug-likeness (QED) is 0.204. The molecule has 0 aliphatic carbocycles. The van der Waals surface area contributed by atoms with Crippen molar-refractivity contribution >= 4 is 23.9 Å². The third-order valence-electron chi connectivity index (χ3n) is 0.967. The standard InChI is InChI=1S/C4H9N3O2.C2H2O4/c1-7(4(5)6)2-3(8)9;3-1(4)2(5)6/h2H2,1H3,(H3,5,6)(H,8,9);(H,3,4)(H,5,6). The Labute approximate surface area is 84.2 Å². The molecule has 0 saturated heterocycles. The van der Waals surface area contributed by atoms with E-state index >= 15 is 0 Å². The second-order valence-corrected chi connectivity index (χ2v) is 2.25. The van der Waals surface area contributed by atoms with Crippen LogP contribution in [0.5, 0.6) is 0 Å². The average Bonchev–Trinajstić information content (AvgIpc) is 2.03. The third kappa shape index (κ3) is 11.7. The van der Waals surface area contributed by atoms with Crippen LogP contribution in [0.2, 0.25) is 0 Å². The van der Waals surface area contributed by atoms with Crippen LogP contribution in [0.1, 0.15) is 0 Å². The van der Waals surface area contributed by atoms with Gasteiger partial charge >= 0.3 is 17.9 Å². The molecule has 9 nitrogen and oxygen atoms in total. The number of aliphatic carboxylic acids is 3. The summed E-state index contributed by atoms with van der Waals surface area (Å²) in [6.45, 7) is -0.227. The first-order chi connectivity index (χ1) is 6.68. The zero-order chi connectivity index (χ0) is 12.6. The van der Waals surface area contributed by atoms with Gasteiger partial charge in [0.05, 0.1) is 0 Å². The summed E-state index contributed by atoms with van der Waals surface area (Å²) < 4.78 is 0. The molecule has 0 heterocycles. The van der Waals surface area contributed by atoms with Crippen LogP contribution in [-0.4, -0.2) is 57.7 Å². The van der Waals surface area contributed by atoms with Gasteiger partial charge in [-0.25, -0.2) is 9.59 Å². The Bertz CT molecular complexity index is 264. The molecule has 0 rings (SSSR count). The molecule has 0 aromatic heterocycles. The van der Waals surface area contributed by atoms with Gasteiger partial charge in [0.15, 0.2) is 5.96 Å². The molecule has 0 aromatic carbocycles. The Balaban J connectivity index is 0. The van der Waals surface area contributed by atoms with Crippen molar-refractivity contribution < 1.29 is 29.7 Å². The zero-order valence-corrected chi connectivity index (χ0v) is 7.80. The van der Waals surface area contributed by atoms with E-state index in [1.807, 2.05) is 0 Å². The maximum absolute atomic E-state index is 9.92. The number of nitrogens with two attached hydrogens (primary N) is 1. The van der Waals surface area contributed by atoms with E-state index in [9.17, 15) is 4.79 Å². The largest absolute Gasteiger partial charge is 0.480 e. The second-order valence-electron chi connectivity index (χ2n) is 2.25. The van der Waals surface area contributed by atoms with Crippen LogP contribution in [0.25, 0.3) is 0 Å². The molecule has 0 unspecified atom stereocenters. The minimum Gasteiger partial charge on any atom is -0.480 e. The summed E-state index contributed by atoms with van der Waals surface area (Å²) in [6, 6.07) is 0. The van der Waals surface area contributed by atoms with Gasteiger partial charge < -0.3 is 26.0 Å². The Morgan fingerprint density at radius 1 is 1.20 bits per heavy atom. The molecule has 0 spiro atoms. The summed E-state index contributed by atoms with van der Waals surface area (Å²) in [4.78, 5) is 29.2. The number of hydrogen-bond acceptors (Lipinski definition) is 4. The van der Waals surface area contributed by atoms with Crippen LogP contribution in [0.4, 0.5) is 0 Å². The molecule has 0 aromatic rings. The van der Waals surface area contributed by atoms with Crippen LogP contribution in [-0.2, 0) is 14.4 Å². The number of likely N-dealkylation sites (N-methyl/N-ethyl adjacent to an activating group) is 1.